The van der Waals surface area contributed by atoms with Gasteiger partial charge in [0.1, 0.15) is 0 Å². The molecule has 1 rings (SSSR count). The first-order valence-electron chi connectivity index (χ1n) is 3.07. The Hall–Kier alpha value is -0.220. The van der Waals surface area contributed by atoms with E-state index in [1.807, 2.05) is 0 Å². The van der Waals surface area contributed by atoms with E-state index in [9.17, 15) is 9.90 Å². The molecular formula is C6H10O3S. The Morgan fingerprint density at radius 2 is 2.50 bits per heavy atom. The summed E-state index contributed by atoms with van der Waals surface area (Å²) in [6.45, 7) is 0. The summed E-state index contributed by atoms with van der Waals surface area (Å²) in [4.78, 5) is 10.9. The number of ether oxygens (including phenoxy) is 1. The molecule has 58 valence electrons. The molecule has 0 aliphatic carbocycles. The molecular weight excluding hydrogens is 152 g/mol. The Kier molecular flexibility index (Phi) is 2.21. The van der Waals surface area contributed by atoms with Crippen molar-refractivity contribution >= 4 is 17.7 Å². The van der Waals surface area contributed by atoms with E-state index in [1.165, 1.54) is 7.11 Å². The number of esters is 1. The van der Waals surface area contributed by atoms with E-state index in [2.05, 4.69) is 4.74 Å². The molecule has 3 nitrogen and oxygen atoms in total. The lowest BCUT2D eigenvalue weighted by molar-refractivity contribution is -0.159. The Bertz CT molecular complexity index is 140. The Morgan fingerprint density at radius 1 is 1.80 bits per heavy atom. The minimum Gasteiger partial charge on any atom is -0.467 e. The van der Waals surface area contributed by atoms with Crippen LogP contribution in [0.5, 0.6) is 0 Å². The number of methoxy groups -OCH3 is 1. The number of aliphatic hydroxyl groups is 1. The molecule has 10 heavy (non-hydrogen) atoms. The third-order valence-electron chi connectivity index (χ3n) is 1.57. The summed E-state index contributed by atoms with van der Waals surface area (Å²) in [6.07, 6.45) is 0.518. The average Bonchev–Trinajstić information content (AvgIpc) is 2.36. The lowest BCUT2D eigenvalue weighted by Gasteiger charge is -2.16. The van der Waals surface area contributed by atoms with E-state index in [1.54, 1.807) is 11.8 Å². The van der Waals surface area contributed by atoms with E-state index in [0.29, 0.717) is 12.2 Å². The van der Waals surface area contributed by atoms with Crippen molar-refractivity contribution in [3.05, 3.63) is 0 Å². The molecule has 0 aromatic heterocycles. The molecule has 1 N–H and O–H groups in total. The van der Waals surface area contributed by atoms with Crippen molar-refractivity contribution in [3.63, 3.8) is 0 Å². The molecule has 1 atom stereocenters. The van der Waals surface area contributed by atoms with Gasteiger partial charge in [0.2, 0.25) is 0 Å². The summed E-state index contributed by atoms with van der Waals surface area (Å²) >= 11 is 1.57. The summed E-state index contributed by atoms with van der Waals surface area (Å²) in [5.74, 6) is 0.808. The maximum atomic E-state index is 10.9. The summed E-state index contributed by atoms with van der Waals surface area (Å²) in [7, 11) is 1.29. The van der Waals surface area contributed by atoms with Crippen molar-refractivity contribution in [1.29, 1.82) is 0 Å². The highest BCUT2D eigenvalue weighted by Gasteiger charge is 2.40. The van der Waals surface area contributed by atoms with Gasteiger partial charge in [0.25, 0.3) is 0 Å². The maximum absolute atomic E-state index is 10.9. The van der Waals surface area contributed by atoms with Gasteiger partial charge in [-0.25, -0.2) is 4.79 Å². The van der Waals surface area contributed by atoms with Gasteiger partial charge >= 0.3 is 5.97 Å². The quantitative estimate of drug-likeness (QED) is 0.552. The zero-order valence-electron chi connectivity index (χ0n) is 5.79. The summed E-state index contributed by atoms with van der Waals surface area (Å²) in [6, 6.07) is 0. The second-order valence-electron chi connectivity index (χ2n) is 2.33. The van der Waals surface area contributed by atoms with Crippen molar-refractivity contribution in [2.75, 3.05) is 18.6 Å². The number of thioether (sulfide) groups is 1. The van der Waals surface area contributed by atoms with Crippen LogP contribution in [0.25, 0.3) is 0 Å². The van der Waals surface area contributed by atoms with E-state index in [4.69, 9.17) is 0 Å². The average molecular weight is 162 g/mol. The van der Waals surface area contributed by atoms with Crippen LogP contribution in [0.1, 0.15) is 6.42 Å². The lowest BCUT2D eigenvalue weighted by Crippen LogP contribution is -2.39. The van der Waals surface area contributed by atoms with Crippen LogP contribution in [-0.4, -0.2) is 35.3 Å². The molecule has 1 fully saturated rings. The fraction of sp³-hybridized carbons (Fsp3) is 0.833. The van der Waals surface area contributed by atoms with E-state index in [-0.39, 0.29) is 0 Å². The zero-order valence-corrected chi connectivity index (χ0v) is 6.61. The first-order chi connectivity index (χ1) is 4.69. The minimum atomic E-state index is -1.20. The van der Waals surface area contributed by atoms with Crippen LogP contribution in [0.4, 0.5) is 0 Å². The predicted molar refractivity (Wildman–Crippen MR) is 38.9 cm³/mol. The molecule has 1 aliphatic heterocycles. The lowest BCUT2D eigenvalue weighted by atomic mass is 10.1. The van der Waals surface area contributed by atoms with Gasteiger partial charge < -0.3 is 9.84 Å². The molecule has 0 aromatic rings. The molecule has 0 amide bonds. The molecule has 0 radical (unpaired) electrons. The summed E-state index contributed by atoms with van der Waals surface area (Å²) < 4.78 is 4.43. The maximum Gasteiger partial charge on any atom is 0.338 e. The van der Waals surface area contributed by atoms with Gasteiger partial charge in [0, 0.05) is 5.75 Å². The van der Waals surface area contributed by atoms with E-state index >= 15 is 0 Å². The van der Waals surface area contributed by atoms with Crippen molar-refractivity contribution in [1.82, 2.24) is 0 Å². The van der Waals surface area contributed by atoms with Crippen LogP contribution in [0, 0.1) is 0 Å². The number of hydrogen-bond acceptors (Lipinski definition) is 4. The smallest absolute Gasteiger partial charge is 0.338 e. The van der Waals surface area contributed by atoms with Crippen LogP contribution in [0.2, 0.25) is 0 Å². The van der Waals surface area contributed by atoms with Crippen molar-refractivity contribution < 1.29 is 14.6 Å². The Balaban J connectivity index is 2.58. The number of hydrogen-bond donors (Lipinski definition) is 1. The number of rotatable bonds is 1. The van der Waals surface area contributed by atoms with Crippen LogP contribution in [0.15, 0.2) is 0 Å². The Labute approximate surface area is 63.8 Å². The molecule has 0 aromatic carbocycles. The van der Waals surface area contributed by atoms with Gasteiger partial charge in [-0.3, -0.25) is 0 Å². The molecule has 1 heterocycles. The largest absolute Gasteiger partial charge is 0.467 e. The van der Waals surface area contributed by atoms with Crippen molar-refractivity contribution in [2.24, 2.45) is 0 Å². The Morgan fingerprint density at radius 3 is 2.90 bits per heavy atom. The van der Waals surface area contributed by atoms with Crippen molar-refractivity contribution in [3.8, 4) is 0 Å². The first kappa shape index (κ1) is 7.88. The highest BCUT2D eigenvalue weighted by atomic mass is 32.2. The first-order valence-corrected chi connectivity index (χ1v) is 4.23. The second-order valence-corrected chi connectivity index (χ2v) is 3.43. The van der Waals surface area contributed by atoms with Crippen molar-refractivity contribution in [2.45, 2.75) is 12.0 Å². The van der Waals surface area contributed by atoms with E-state index < -0.39 is 11.6 Å². The fourth-order valence-electron chi connectivity index (χ4n) is 0.905. The summed E-state index contributed by atoms with van der Waals surface area (Å²) in [5, 5.41) is 9.46. The van der Waals surface area contributed by atoms with Gasteiger partial charge in [-0.15, -0.1) is 0 Å². The zero-order chi connectivity index (χ0) is 7.61. The second kappa shape index (κ2) is 2.80. The standard InChI is InChI=1S/C6H10O3S/c1-9-5(7)6(8)2-3-10-4-6/h8H,2-4H2,1H3/t6-/m1/s1. The molecule has 0 saturated carbocycles. The fourth-order valence-corrected chi connectivity index (χ4v) is 2.13. The van der Waals surface area contributed by atoms with Crippen LogP contribution >= 0.6 is 11.8 Å². The van der Waals surface area contributed by atoms with Gasteiger partial charge in [-0.2, -0.15) is 11.8 Å². The van der Waals surface area contributed by atoms with Gasteiger partial charge in [0.05, 0.1) is 7.11 Å². The van der Waals surface area contributed by atoms with Crippen LogP contribution in [-0.2, 0) is 9.53 Å². The number of carbonyl (C=O) groups excluding carboxylic acids is 1. The van der Waals surface area contributed by atoms with Crippen LogP contribution in [0.3, 0.4) is 0 Å². The number of carbonyl (C=O) groups is 1. The third kappa shape index (κ3) is 1.27. The summed E-state index contributed by atoms with van der Waals surface area (Å²) in [5.41, 5.74) is -1.20. The normalized spacial score (nSPS) is 32.2. The molecule has 1 aliphatic rings. The molecule has 4 heteroatoms. The molecule has 1 saturated heterocycles. The predicted octanol–water partition coefficient (Wildman–Crippen LogP) is 0.0274. The van der Waals surface area contributed by atoms with Crippen LogP contribution < -0.4 is 0 Å². The highest BCUT2D eigenvalue weighted by Crippen LogP contribution is 2.28. The monoisotopic (exact) mass is 162 g/mol. The van der Waals surface area contributed by atoms with Gasteiger partial charge in [0.15, 0.2) is 5.60 Å². The van der Waals surface area contributed by atoms with Gasteiger partial charge in [-0.05, 0) is 12.2 Å². The SMILES string of the molecule is COC(=O)[C@@]1(O)CCSC1. The molecule has 0 bridgehead atoms. The minimum absolute atomic E-state index is 0.472. The topological polar surface area (TPSA) is 46.5 Å². The highest BCUT2D eigenvalue weighted by molar-refractivity contribution is 7.99. The van der Waals surface area contributed by atoms with E-state index in [0.717, 1.165) is 5.75 Å². The molecule has 0 unspecified atom stereocenters. The third-order valence-corrected chi connectivity index (χ3v) is 2.74. The molecule has 0 spiro atoms. The van der Waals surface area contributed by atoms with Gasteiger partial charge in [-0.1, -0.05) is 0 Å².